The Morgan fingerprint density at radius 1 is 1.29 bits per heavy atom. The highest BCUT2D eigenvalue weighted by Gasteiger charge is 2.27. The van der Waals surface area contributed by atoms with Crippen molar-refractivity contribution in [2.75, 3.05) is 13.2 Å². The Bertz CT molecular complexity index is 442. The quantitative estimate of drug-likeness (QED) is 0.811. The third-order valence-corrected chi connectivity index (χ3v) is 4.34. The van der Waals surface area contributed by atoms with E-state index in [-0.39, 0.29) is 18.4 Å². The Labute approximate surface area is 124 Å². The largest absolute Gasteiger partial charge is 0.434 e. The van der Waals surface area contributed by atoms with Crippen LogP contribution in [0.5, 0.6) is 5.75 Å². The summed E-state index contributed by atoms with van der Waals surface area (Å²) in [5.74, 6) is 1.04. The van der Waals surface area contributed by atoms with E-state index in [4.69, 9.17) is 0 Å². The van der Waals surface area contributed by atoms with E-state index >= 15 is 0 Å². The number of aliphatic hydroxyl groups is 1. The molecular weight excluding hydrogens is 276 g/mol. The third kappa shape index (κ3) is 4.38. The Morgan fingerprint density at radius 3 is 2.71 bits per heavy atom. The summed E-state index contributed by atoms with van der Waals surface area (Å²) in [6.45, 7) is 0.143. The second-order valence-electron chi connectivity index (χ2n) is 5.68. The number of hydrogen-bond donors (Lipinski definition) is 2. The van der Waals surface area contributed by atoms with Gasteiger partial charge in [0.2, 0.25) is 0 Å². The van der Waals surface area contributed by atoms with E-state index in [1.807, 2.05) is 13.0 Å². The van der Waals surface area contributed by atoms with E-state index in [1.54, 1.807) is 18.2 Å². The number of alkyl halides is 2. The van der Waals surface area contributed by atoms with Crippen molar-refractivity contribution in [3.05, 3.63) is 29.8 Å². The molecule has 2 rings (SSSR count). The maximum atomic E-state index is 12.4. The highest BCUT2D eigenvalue weighted by atomic mass is 19.3. The molecule has 2 N–H and O–H groups in total. The second-order valence-corrected chi connectivity index (χ2v) is 5.68. The fourth-order valence-electron chi connectivity index (χ4n) is 3.10. The van der Waals surface area contributed by atoms with Gasteiger partial charge in [0.1, 0.15) is 5.75 Å². The molecule has 0 radical (unpaired) electrons. The molecule has 0 aliphatic heterocycles. The second kappa shape index (κ2) is 7.71. The summed E-state index contributed by atoms with van der Waals surface area (Å²) in [6, 6.07) is 6.80. The third-order valence-electron chi connectivity index (χ3n) is 4.34. The molecule has 118 valence electrons. The van der Waals surface area contributed by atoms with Gasteiger partial charge in [-0.3, -0.25) is 0 Å². The number of nitrogens with one attached hydrogen (secondary N) is 1. The van der Waals surface area contributed by atoms with Crippen LogP contribution in [0.25, 0.3) is 0 Å². The van der Waals surface area contributed by atoms with Gasteiger partial charge in [-0.2, -0.15) is 8.78 Å². The first-order valence-corrected chi connectivity index (χ1v) is 7.49. The molecule has 5 heteroatoms. The summed E-state index contributed by atoms with van der Waals surface area (Å²) in [4.78, 5) is 0. The highest BCUT2D eigenvalue weighted by Crippen LogP contribution is 2.32. The van der Waals surface area contributed by atoms with Crippen molar-refractivity contribution in [1.29, 1.82) is 0 Å². The van der Waals surface area contributed by atoms with Crippen LogP contribution < -0.4 is 10.1 Å². The van der Waals surface area contributed by atoms with E-state index in [0.717, 1.165) is 31.4 Å². The van der Waals surface area contributed by atoms with Gasteiger partial charge in [0.05, 0.1) is 0 Å². The lowest BCUT2D eigenvalue weighted by molar-refractivity contribution is -0.0506. The molecule has 1 saturated carbocycles. The van der Waals surface area contributed by atoms with E-state index < -0.39 is 6.61 Å². The van der Waals surface area contributed by atoms with Gasteiger partial charge < -0.3 is 15.2 Å². The minimum absolute atomic E-state index is 0.0695. The van der Waals surface area contributed by atoms with Crippen LogP contribution in [0, 0.1) is 11.8 Å². The number of halogens is 2. The van der Waals surface area contributed by atoms with Crippen LogP contribution in [0.1, 0.15) is 37.8 Å². The first-order chi connectivity index (χ1) is 10.1. The molecule has 0 saturated heterocycles. The van der Waals surface area contributed by atoms with Gasteiger partial charge in [0.25, 0.3) is 0 Å². The summed E-state index contributed by atoms with van der Waals surface area (Å²) in [7, 11) is 0. The molecule has 1 aromatic carbocycles. The van der Waals surface area contributed by atoms with Gasteiger partial charge in [-0.05, 0) is 44.2 Å². The van der Waals surface area contributed by atoms with Crippen molar-refractivity contribution in [3.63, 3.8) is 0 Å². The molecule has 1 aliphatic carbocycles. The van der Waals surface area contributed by atoms with Crippen molar-refractivity contribution >= 4 is 0 Å². The number of ether oxygens (including phenoxy) is 1. The monoisotopic (exact) mass is 299 g/mol. The van der Waals surface area contributed by atoms with Crippen molar-refractivity contribution in [1.82, 2.24) is 5.32 Å². The van der Waals surface area contributed by atoms with Crippen molar-refractivity contribution in [3.8, 4) is 5.75 Å². The van der Waals surface area contributed by atoms with Gasteiger partial charge >= 0.3 is 6.61 Å². The molecule has 3 unspecified atom stereocenters. The van der Waals surface area contributed by atoms with Gasteiger partial charge in [0, 0.05) is 18.2 Å². The van der Waals surface area contributed by atoms with Crippen LogP contribution in [-0.2, 0) is 0 Å². The predicted octanol–water partition coefficient (Wildman–Crippen LogP) is 3.35. The summed E-state index contributed by atoms with van der Waals surface area (Å²) in [6.07, 6.45) is 3.33. The van der Waals surface area contributed by atoms with E-state index in [9.17, 15) is 13.9 Å². The van der Waals surface area contributed by atoms with E-state index in [1.165, 1.54) is 0 Å². The molecule has 3 atom stereocenters. The molecule has 0 amide bonds. The summed E-state index contributed by atoms with van der Waals surface area (Å²) in [5.41, 5.74) is 0.733. The number of para-hydroxylation sites is 1. The average Bonchev–Trinajstić information content (AvgIpc) is 2.92. The Balaban J connectivity index is 1.95. The van der Waals surface area contributed by atoms with Crippen LogP contribution in [0.3, 0.4) is 0 Å². The lowest BCUT2D eigenvalue weighted by Crippen LogP contribution is -2.29. The lowest BCUT2D eigenvalue weighted by atomic mass is 9.96. The maximum absolute atomic E-state index is 12.4. The minimum Gasteiger partial charge on any atom is -0.434 e. The van der Waals surface area contributed by atoms with Crippen LogP contribution in [0.2, 0.25) is 0 Å². The highest BCUT2D eigenvalue weighted by molar-refractivity contribution is 5.35. The van der Waals surface area contributed by atoms with Gasteiger partial charge in [-0.1, -0.05) is 24.6 Å². The maximum Gasteiger partial charge on any atom is 0.387 e. The Hall–Kier alpha value is -1.20. The van der Waals surface area contributed by atoms with Crippen molar-refractivity contribution < 1.29 is 18.6 Å². The number of hydrogen-bond acceptors (Lipinski definition) is 3. The molecule has 1 aliphatic rings. The molecular formula is C16H23F2NO2. The SMILES string of the molecule is CC(NCC1CCCC1CO)c1ccccc1OC(F)F. The molecule has 1 fully saturated rings. The van der Waals surface area contributed by atoms with Crippen LogP contribution >= 0.6 is 0 Å². The average molecular weight is 299 g/mol. The lowest BCUT2D eigenvalue weighted by Gasteiger charge is -2.22. The molecule has 1 aromatic rings. The van der Waals surface area contributed by atoms with Gasteiger partial charge in [-0.25, -0.2) is 0 Å². The fourth-order valence-corrected chi connectivity index (χ4v) is 3.10. The zero-order chi connectivity index (χ0) is 15.2. The summed E-state index contributed by atoms with van der Waals surface area (Å²) >= 11 is 0. The van der Waals surface area contributed by atoms with Crippen LogP contribution in [-0.4, -0.2) is 24.9 Å². The minimum atomic E-state index is -2.81. The molecule has 0 aromatic heterocycles. The van der Waals surface area contributed by atoms with Gasteiger partial charge in [-0.15, -0.1) is 0 Å². The van der Waals surface area contributed by atoms with Crippen molar-refractivity contribution in [2.45, 2.75) is 38.8 Å². The molecule has 21 heavy (non-hydrogen) atoms. The van der Waals surface area contributed by atoms with Gasteiger partial charge in [0.15, 0.2) is 0 Å². The smallest absolute Gasteiger partial charge is 0.387 e. The first kappa shape index (κ1) is 16.2. The Morgan fingerprint density at radius 2 is 2.00 bits per heavy atom. The van der Waals surface area contributed by atoms with Crippen LogP contribution in [0.15, 0.2) is 24.3 Å². The first-order valence-electron chi connectivity index (χ1n) is 7.49. The van der Waals surface area contributed by atoms with E-state index in [2.05, 4.69) is 10.1 Å². The number of aliphatic hydroxyl groups excluding tert-OH is 1. The number of rotatable bonds is 7. The molecule has 3 nitrogen and oxygen atoms in total. The molecule has 0 spiro atoms. The summed E-state index contributed by atoms with van der Waals surface area (Å²) < 4.78 is 29.4. The normalized spacial score (nSPS) is 23.5. The van der Waals surface area contributed by atoms with E-state index in [0.29, 0.717) is 11.8 Å². The predicted molar refractivity (Wildman–Crippen MR) is 77.4 cm³/mol. The molecule has 0 heterocycles. The zero-order valence-corrected chi connectivity index (χ0v) is 12.3. The topological polar surface area (TPSA) is 41.5 Å². The summed E-state index contributed by atoms with van der Waals surface area (Å²) in [5, 5.41) is 12.7. The zero-order valence-electron chi connectivity index (χ0n) is 12.3. The number of benzene rings is 1. The Kier molecular flexibility index (Phi) is 5.94. The van der Waals surface area contributed by atoms with Crippen LogP contribution in [0.4, 0.5) is 8.78 Å². The fraction of sp³-hybridized carbons (Fsp3) is 0.625. The van der Waals surface area contributed by atoms with Crippen molar-refractivity contribution in [2.24, 2.45) is 11.8 Å². The standard InChI is InChI=1S/C16H23F2NO2/c1-11(19-9-12-5-4-6-13(12)10-20)14-7-2-3-8-15(14)21-16(17)18/h2-3,7-8,11-13,16,19-20H,4-6,9-10H2,1H3. The molecule has 0 bridgehead atoms.